The van der Waals surface area contributed by atoms with E-state index < -0.39 is 12.0 Å². The number of anilines is 2. The number of carbonyl (C=O) groups excluding carboxylic acids is 2. The number of carbonyl (C=O) groups is 2. The quantitative estimate of drug-likeness (QED) is 0.521. The van der Waals surface area contributed by atoms with Crippen LogP contribution in [0.2, 0.25) is 5.02 Å². The van der Waals surface area contributed by atoms with Crippen LogP contribution in [0.4, 0.5) is 16.2 Å². The highest BCUT2D eigenvalue weighted by molar-refractivity contribution is 9.10. The van der Waals surface area contributed by atoms with Gasteiger partial charge in [-0.05, 0) is 59.6 Å². The molecule has 2 heterocycles. The number of pyridine rings is 1. The molecule has 0 aliphatic carbocycles. The van der Waals surface area contributed by atoms with E-state index >= 15 is 0 Å². The van der Waals surface area contributed by atoms with Crippen LogP contribution in [0.3, 0.4) is 0 Å². The highest BCUT2D eigenvalue weighted by atomic mass is 79.9. The zero-order chi connectivity index (χ0) is 22.5. The lowest BCUT2D eigenvalue weighted by molar-refractivity contribution is 0.101. The van der Waals surface area contributed by atoms with Crippen LogP contribution in [0.15, 0.2) is 41.1 Å². The molecule has 3 aromatic rings. The molecule has 0 atom stereocenters. The van der Waals surface area contributed by atoms with E-state index in [0.29, 0.717) is 26.4 Å². The lowest BCUT2D eigenvalue weighted by Gasteiger charge is -2.16. The Labute approximate surface area is 191 Å². The Balaban J connectivity index is 2.01. The summed E-state index contributed by atoms with van der Waals surface area (Å²) in [6.07, 6.45) is 0.825. The third kappa shape index (κ3) is 5.02. The average molecular weight is 504 g/mol. The van der Waals surface area contributed by atoms with E-state index in [2.05, 4.69) is 36.6 Å². The molecule has 0 saturated heterocycles. The van der Waals surface area contributed by atoms with Gasteiger partial charge in [0.25, 0.3) is 5.91 Å². The summed E-state index contributed by atoms with van der Waals surface area (Å²) in [7, 11) is 0. The van der Waals surface area contributed by atoms with Gasteiger partial charge in [0.15, 0.2) is 5.82 Å². The third-order valence-electron chi connectivity index (χ3n) is 4.07. The highest BCUT2D eigenvalue weighted by Crippen LogP contribution is 2.29. The molecule has 2 aromatic heterocycles. The van der Waals surface area contributed by atoms with E-state index in [1.54, 1.807) is 32.0 Å². The van der Waals surface area contributed by atoms with Gasteiger partial charge in [-0.2, -0.15) is 10.4 Å². The molecule has 0 aliphatic heterocycles. The van der Waals surface area contributed by atoms with Gasteiger partial charge in [-0.1, -0.05) is 11.6 Å². The smallest absolute Gasteiger partial charge is 0.411 e. The fourth-order valence-corrected chi connectivity index (χ4v) is 3.36. The van der Waals surface area contributed by atoms with E-state index in [4.69, 9.17) is 16.3 Å². The van der Waals surface area contributed by atoms with Crippen molar-refractivity contribution in [2.45, 2.75) is 13.8 Å². The summed E-state index contributed by atoms with van der Waals surface area (Å²) < 4.78 is 6.62. The zero-order valence-corrected chi connectivity index (χ0v) is 18.8. The molecule has 2 N–H and O–H groups in total. The van der Waals surface area contributed by atoms with Crippen molar-refractivity contribution in [3.63, 3.8) is 0 Å². The van der Waals surface area contributed by atoms with Crippen molar-refractivity contribution in [3.05, 3.63) is 63.0 Å². The zero-order valence-electron chi connectivity index (χ0n) is 16.4. The van der Waals surface area contributed by atoms with E-state index in [1.165, 1.54) is 23.0 Å². The predicted molar refractivity (Wildman–Crippen MR) is 119 cm³/mol. The maximum absolute atomic E-state index is 13.1. The number of rotatable bonds is 5. The lowest BCUT2D eigenvalue weighted by atomic mass is 10.1. The first kappa shape index (κ1) is 22.3. The summed E-state index contributed by atoms with van der Waals surface area (Å²) in [6.45, 7) is 3.54. The van der Waals surface area contributed by atoms with E-state index in [0.717, 1.165) is 0 Å². The normalized spacial score (nSPS) is 10.3. The van der Waals surface area contributed by atoms with Crippen molar-refractivity contribution >= 4 is 50.9 Å². The fourth-order valence-electron chi connectivity index (χ4n) is 2.78. The standard InChI is InChI=1S/C20H16BrClN6O3/c1-3-31-20(30)25-14-8-12(10-23)7-11(2)17(14)26-19(29)15-9-16(21)27-28(15)18-13(22)5-4-6-24-18/h4-9H,3H2,1-2H3,(H,25,30)(H,26,29). The number of benzene rings is 1. The summed E-state index contributed by atoms with van der Waals surface area (Å²) >= 11 is 9.48. The van der Waals surface area contributed by atoms with Gasteiger partial charge in [-0.15, -0.1) is 0 Å². The number of halogens is 2. The van der Waals surface area contributed by atoms with Gasteiger partial charge in [0.05, 0.1) is 34.6 Å². The van der Waals surface area contributed by atoms with Crippen LogP contribution in [0.25, 0.3) is 5.82 Å². The fraction of sp³-hybridized carbons (Fsp3) is 0.150. The molecule has 31 heavy (non-hydrogen) atoms. The molecule has 0 unspecified atom stereocenters. The van der Waals surface area contributed by atoms with Crippen LogP contribution < -0.4 is 10.6 Å². The number of hydrogen-bond donors (Lipinski definition) is 2. The number of nitriles is 1. The molecule has 0 bridgehead atoms. The molecule has 11 heteroatoms. The van der Waals surface area contributed by atoms with Crippen LogP contribution in [0.5, 0.6) is 0 Å². The minimum atomic E-state index is -0.708. The molecule has 0 aliphatic rings. The van der Waals surface area contributed by atoms with Gasteiger partial charge in [0.2, 0.25) is 0 Å². The molecule has 0 radical (unpaired) electrons. The Morgan fingerprint density at radius 3 is 2.77 bits per heavy atom. The topological polar surface area (TPSA) is 122 Å². The molecule has 1 aromatic carbocycles. The van der Waals surface area contributed by atoms with Crippen LogP contribution in [-0.4, -0.2) is 33.4 Å². The first-order valence-corrected chi connectivity index (χ1v) is 10.2. The number of nitrogens with one attached hydrogen (secondary N) is 2. The summed E-state index contributed by atoms with van der Waals surface area (Å²) in [5, 5.41) is 19.1. The second-order valence-electron chi connectivity index (χ2n) is 6.20. The van der Waals surface area contributed by atoms with Gasteiger partial charge in [0, 0.05) is 12.3 Å². The van der Waals surface area contributed by atoms with Crippen molar-refractivity contribution in [2.24, 2.45) is 0 Å². The largest absolute Gasteiger partial charge is 0.450 e. The van der Waals surface area contributed by atoms with Gasteiger partial charge in [-0.25, -0.2) is 14.5 Å². The molecule has 0 fully saturated rings. The maximum atomic E-state index is 13.1. The number of ether oxygens (including phenoxy) is 1. The molecule has 158 valence electrons. The molecule has 0 saturated carbocycles. The van der Waals surface area contributed by atoms with Crippen molar-refractivity contribution < 1.29 is 14.3 Å². The van der Waals surface area contributed by atoms with Crippen LogP contribution >= 0.6 is 27.5 Å². The molecule has 3 rings (SSSR count). The van der Waals surface area contributed by atoms with Crippen molar-refractivity contribution in [1.29, 1.82) is 5.26 Å². The Morgan fingerprint density at radius 2 is 2.10 bits per heavy atom. The van der Waals surface area contributed by atoms with Gasteiger partial charge in [0.1, 0.15) is 10.3 Å². The number of hydrogen-bond acceptors (Lipinski definition) is 6. The molecule has 0 spiro atoms. The minimum absolute atomic E-state index is 0.151. The third-order valence-corrected chi connectivity index (χ3v) is 4.75. The first-order chi connectivity index (χ1) is 14.8. The van der Waals surface area contributed by atoms with Crippen molar-refractivity contribution in [3.8, 4) is 11.9 Å². The lowest BCUT2D eigenvalue weighted by Crippen LogP contribution is -2.21. The Hall–Kier alpha value is -3.42. The first-order valence-electron chi connectivity index (χ1n) is 9.00. The highest BCUT2D eigenvalue weighted by Gasteiger charge is 2.21. The second-order valence-corrected chi connectivity index (χ2v) is 7.42. The molecular weight excluding hydrogens is 488 g/mol. The Bertz CT molecular complexity index is 1200. The molecule has 9 nitrogen and oxygen atoms in total. The van der Waals surface area contributed by atoms with E-state index in [-0.39, 0.29) is 23.8 Å². The van der Waals surface area contributed by atoms with Crippen molar-refractivity contribution in [2.75, 3.05) is 17.2 Å². The van der Waals surface area contributed by atoms with Crippen molar-refractivity contribution in [1.82, 2.24) is 14.8 Å². The summed E-state index contributed by atoms with van der Waals surface area (Å²) in [6, 6.07) is 9.86. The van der Waals surface area contributed by atoms with Crippen LogP contribution in [0.1, 0.15) is 28.5 Å². The van der Waals surface area contributed by atoms with E-state index in [1.807, 2.05) is 6.07 Å². The SMILES string of the molecule is CCOC(=O)Nc1cc(C#N)cc(C)c1NC(=O)c1cc(Br)nn1-c1ncccc1Cl. The molecule has 2 amide bonds. The van der Waals surface area contributed by atoms with Gasteiger partial charge >= 0.3 is 6.09 Å². The molecular formula is C20H16BrClN6O3. The predicted octanol–water partition coefficient (Wildman–Crippen LogP) is 4.68. The second kappa shape index (κ2) is 9.59. The average Bonchev–Trinajstić information content (AvgIpc) is 3.12. The number of nitrogens with zero attached hydrogens (tertiary/aromatic N) is 4. The van der Waals surface area contributed by atoms with Gasteiger partial charge < -0.3 is 10.1 Å². The minimum Gasteiger partial charge on any atom is -0.450 e. The van der Waals surface area contributed by atoms with Crippen LogP contribution in [-0.2, 0) is 4.74 Å². The Morgan fingerprint density at radius 1 is 1.32 bits per heavy atom. The Kier molecular flexibility index (Phi) is 6.89. The number of aromatic nitrogens is 3. The summed E-state index contributed by atoms with van der Waals surface area (Å²) in [4.78, 5) is 29.3. The van der Waals surface area contributed by atoms with E-state index in [9.17, 15) is 14.9 Å². The number of aryl methyl sites for hydroxylation is 1. The summed E-state index contributed by atoms with van der Waals surface area (Å²) in [5.41, 5.74) is 1.58. The van der Waals surface area contributed by atoms with Gasteiger partial charge in [-0.3, -0.25) is 10.1 Å². The maximum Gasteiger partial charge on any atom is 0.411 e. The number of amides is 2. The van der Waals surface area contributed by atoms with Crippen LogP contribution in [0, 0.1) is 18.3 Å². The summed E-state index contributed by atoms with van der Waals surface area (Å²) in [5.74, 6) is -0.249. The monoisotopic (exact) mass is 502 g/mol.